The number of halogens is 2. The van der Waals surface area contributed by atoms with Gasteiger partial charge in [-0.1, -0.05) is 0 Å². The van der Waals surface area contributed by atoms with Crippen molar-refractivity contribution >= 4 is 6.09 Å². The van der Waals surface area contributed by atoms with Gasteiger partial charge in [-0.2, -0.15) is 0 Å². The second-order valence-electron chi connectivity index (χ2n) is 4.94. The van der Waals surface area contributed by atoms with Crippen LogP contribution < -0.4 is 5.32 Å². The molecule has 3 nitrogen and oxygen atoms in total. The fourth-order valence-electron chi connectivity index (χ4n) is 1.55. The predicted octanol–water partition coefficient (Wildman–Crippen LogP) is 2.70. The number of alkyl halides is 2. The van der Waals surface area contributed by atoms with Crippen molar-refractivity contribution in [3.63, 3.8) is 0 Å². The minimum absolute atomic E-state index is 0.159. The van der Waals surface area contributed by atoms with Gasteiger partial charge >= 0.3 is 6.09 Å². The Morgan fingerprint density at radius 1 is 1.47 bits per heavy atom. The van der Waals surface area contributed by atoms with Crippen LogP contribution in [0.5, 0.6) is 0 Å². The Balaban J connectivity index is 2.34. The van der Waals surface area contributed by atoms with E-state index in [1.165, 1.54) is 0 Å². The monoisotopic (exact) mass is 221 g/mol. The average molecular weight is 221 g/mol. The minimum atomic E-state index is -2.64. The zero-order valence-corrected chi connectivity index (χ0v) is 9.27. The van der Waals surface area contributed by atoms with Crippen LogP contribution in [0.4, 0.5) is 13.6 Å². The summed E-state index contributed by atoms with van der Waals surface area (Å²) in [5, 5.41) is 2.45. The Morgan fingerprint density at radius 3 is 2.47 bits per heavy atom. The number of alkyl carbamates (subject to hydrolysis) is 1. The molecule has 0 radical (unpaired) electrons. The van der Waals surface area contributed by atoms with Gasteiger partial charge in [0, 0.05) is 18.9 Å². The highest BCUT2D eigenvalue weighted by Gasteiger charge is 2.40. The summed E-state index contributed by atoms with van der Waals surface area (Å²) >= 11 is 0. The van der Waals surface area contributed by atoms with Crippen molar-refractivity contribution < 1.29 is 18.3 Å². The molecule has 1 saturated carbocycles. The molecule has 1 N–H and O–H groups in total. The van der Waals surface area contributed by atoms with Gasteiger partial charge < -0.3 is 10.1 Å². The highest BCUT2D eigenvalue weighted by atomic mass is 19.3. The molecule has 1 unspecified atom stereocenters. The number of ether oxygens (including phenoxy) is 1. The largest absolute Gasteiger partial charge is 0.444 e. The van der Waals surface area contributed by atoms with Crippen molar-refractivity contribution in [3.05, 3.63) is 0 Å². The number of rotatable bonds is 1. The first-order chi connectivity index (χ1) is 6.68. The van der Waals surface area contributed by atoms with Gasteiger partial charge in [-0.15, -0.1) is 0 Å². The van der Waals surface area contributed by atoms with Crippen LogP contribution in [0.3, 0.4) is 0 Å². The van der Waals surface area contributed by atoms with Crippen LogP contribution in [0, 0.1) is 0 Å². The van der Waals surface area contributed by atoms with Gasteiger partial charge in [0.15, 0.2) is 0 Å². The quantitative estimate of drug-likeness (QED) is 0.739. The third-order valence-corrected chi connectivity index (χ3v) is 2.12. The second kappa shape index (κ2) is 3.94. The molecule has 0 saturated heterocycles. The summed E-state index contributed by atoms with van der Waals surface area (Å²) in [6.07, 6.45) is -0.753. The maximum Gasteiger partial charge on any atom is 0.407 e. The summed E-state index contributed by atoms with van der Waals surface area (Å²) in [5.41, 5.74) is -0.592. The SMILES string of the molecule is CC(C)(C)OC(=O)NC1CCC(F)(F)C1. The highest BCUT2D eigenvalue weighted by molar-refractivity contribution is 5.68. The Hall–Kier alpha value is -0.870. The maximum atomic E-state index is 12.8. The first-order valence-electron chi connectivity index (χ1n) is 5.05. The predicted molar refractivity (Wildman–Crippen MR) is 52.0 cm³/mol. The van der Waals surface area contributed by atoms with Crippen molar-refractivity contribution in [2.75, 3.05) is 0 Å². The van der Waals surface area contributed by atoms with Gasteiger partial charge in [0.25, 0.3) is 0 Å². The van der Waals surface area contributed by atoms with Crippen molar-refractivity contribution in [3.8, 4) is 0 Å². The molecule has 0 aromatic rings. The Morgan fingerprint density at radius 2 is 2.07 bits per heavy atom. The molecule has 5 heteroatoms. The summed E-state index contributed by atoms with van der Waals surface area (Å²) in [7, 11) is 0. The molecule has 15 heavy (non-hydrogen) atoms. The zero-order valence-electron chi connectivity index (χ0n) is 9.27. The van der Waals surface area contributed by atoms with Crippen LogP contribution in [0.2, 0.25) is 0 Å². The number of amides is 1. The molecule has 0 spiro atoms. The molecule has 1 aliphatic rings. The molecule has 0 aliphatic heterocycles. The second-order valence-corrected chi connectivity index (χ2v) is 4.94. The molecule has 1 amide bonds. The van der Waals surface area contributed by atoms with Crippen molar-refractivity contribution in [1.82, 2.24) is 5.32 Å². The van der Waals surface area contributed by atoms with E-state index in [-0.39, 0.29) is 12.8 Å². The first kappa shape index (κ1) is 12.2. The fraction of sp³-hybridized carbons (Fsp3) is 0.900. The van der Waals surface area contributed by atoms with Crippen molar-refractivity contribution in [1.29, 1.82) is 0 Å². The number of hydrogen-bond acceptors (Lipinski definition) is 2. The number of nitrogens with one attached hydrogen (secondary N) is 1. The van der Waals surface area contributed by atoms with Gasteiger partial charge in [0.05, 0.1) is 0 Å². The lowest BCUT2D eigenvalue weighted by molar-refractivity contribution is 0.00614. The molecule has 88 valence electrons. The minimum Gasteiger partial charge on any atom is -0.444 e. The van der Waals surface area contributed by atoms with Crippen LogP contribution in [0.1, 0.15) is 40.0 Å². The van der Waals surface area contributed by atoms with E-state index in [2.05, 4.69) is 5.32 Å². The summed E-state index contributed by atoms with van der Waals surface area (Å²) in [6, 6.07) is -0.463. The lowest BCUT2D eigenvalue weighted by Crippen LogP contribution is -2.38. The van der Waals surface area contributed by atoms with E-state index >= 15 is 0 Å². The molecule has 1 fully saturated rings. The lowest BCUT2D eigenvalue weighted by atomic mass is 10.2. The molecule has 1 aliphatic carbocycles. The summed E-state index contributed by atoms with van der Waals surface area (Å²) in [5.74, 6) is -2.64. The van der Waals surface area contributed by atoms with E-state index in [9.17, 15) is 13.6 Å². The van der Waals surface area contributed by atoms with Gasteiger partial charge in [-0.3, -0.25) is 0 Å². The summed E-state index contributed by atoms with van der Waals surface area (Å²) in [4.78, 5) is 11.2. The summed E-state index contributed by atoms with van der Waals surface area (Å²) < 4.78 is 30.6. The zero-order chi connectivity index (χ0) is 11.7. The van der Waals surface area contributed by atoms with Crippen LogP contribution >= 0.6 is 0 Å². The molecule has 0 heterocycles. The smallest absolute Gasteiger partial charge is 0.407 e. The number of carbonyl (C=O) groups excluding carboxylic acids is 1. The first-order valence-corrected chi connectivity index (χ1v) is 5.05. The van der Waals surface area contributed by atoms with E-state index in [0.29, 0.717) is 6.42 Å². The fourth-order valence-corrected chi connectivity index (χ4v) is 1.55. The number of carbonyl (C=O) groups is 1. The summed E-state index contributed by atoms with van der Waals surface area (Å²) in [6.45, 7) is 5.20. The number of hydrogen-bond donors (Lipinski definition) is 1. The molecule has 0 aromatic heterocycles. The third-order valence-electron chi connectivity index (χ3n) is 2.12. The highest BCUT2D eigenvalue weighted by Crippen LogP contribution is 2.34. The molecule has 1 rings (SSSR count). The molecule has 1 atom stereocenters. The third kappa shape index (κ3) is 4.44. The van der Waals surface area contributed by atoms with E-state index in [1.807, 2.05) is 0 Å². The van der Waals surface area contributed by atoms with E-state index < -0.39 is 23.7 Å². The molecular weight excluding hydrogens is 204 g/mol. The van der Waals surface area contributed by atoms with Crippen molar-refractivity contribution in [2.45, 2.75) is 57.6 Å². The van der Waals surface area contributed by atoms with Crippen LogP contribution in [0.25, 0.3) is 0 Å². The molecular formula is C10H17F2NO2. The van der Waals surface area contributed by atoms with Crippen LogP contribution in [-0.4, -0.2) is 23.7 Å². The Bertz CT molecular complexity index is 248. The standard InChI is InChI=1S/C10H17F2NO2/c1-9(2,3)15-8(14)13-7-4-5-10(11,12)6-7/h7H,4-6H2,1-3H3,(H,13,14). The van der Waals surface area contributed by atoms with Gasteiger partial charge in [0.2, 0.25) is 5.92 Å². The van der Waals surface area contributed by atoms with Crippen LogP contribution in [-0.2, 0) is 4.74 Å². The Labute approximate surface area is 88.2 Å². The van der Waals surface area contributed by atoms with E-state index in [1.54, 1.807) is 20.8 Å². The van der Waals surface area contributed by atoms with Crippen LogP contribution in [0.15, 0.2) is 0 Å². The van der Waals surface area contributed by atoms with E-state index in [0.717, 1.165) is 0 Å². The topological polar surface area (TPSA) is 38.3 Å². The molecule has 0 bridgehead atoms. The van der Waals surface area contributed by atoms with Gasteiger partial charge in [-0.05, 0) is 27.2 Å². The van der Waals surface area contributed by atoms with Crippen molar-refractivity contribution in [2.24, 2.45) is 0 Å². The lowest BCUT2D eigenvalue weighted by Gasteiger charge is -2.21. The van der Waals surface area contributed by atoms with E-state index in [4.69, 9.17) is 4.74 Å². The average Bonchev–Trinajstić information content (AvgIpc) is 2.25. The maximum absolute atomic E-state index is 12.8. The van der Waals surface area contributed by atoms with Gasteiger partial charge in [-0.25, -0.2) is 13.6 Å². The Kier molecular flexibility index (Phi) is 3.21. The molecule has 0 aromatic carbocycles. The van der Waals surface area contributed by atoms with Gasteiger partial charge in [0.1, 0.15) is 5.60 Å². The normalized spacial score (nSPS) is 25.0.